The number of hydrogen-bond acceptors (Lipinski definition) is 5. The molecule has 0 spiro atoms. The lowest BCUT2D eigenvalue weighted by atomic mass is 10.1. The average molecular weight is 263 g/mol. The van der Waals surface area contributed by atoms with Gasteiger partial charge in [-0.2, -0.15) is 0 Å². The van der Waals surface area contributed by atoms with Crippen molar-refractivity contribution < 1.29 is 0 Å². The fourth-order valence-corrected chi connectivity index (χ4v) is 2.84. The zero-order chi connectivity index (χ0) is 13.8. The second-order valence-corrected chi connectivity index (χ2v) is 5.47. The molecule has 1 fully saturated rings. The summed E-state index contributed by atoms with van der Waals surface area (Å²) >= 11 is 0. The largest absolute Gasteiger partial charge is 0.383 e. The molecule has 0 radical (unpaired) electrons. The number of hydrogen-bond donors (Lipinski definition) is 1. The highest BCUT2D eigenvalue weighted by molar-refractivity contribution is 5.57. The van der Waals surface area contributed by atoms with Crippen LogP contribution in [0.25, 0.3) is 0 Å². The van der Waals surface area contributed by atoms with Crippen molar-refractivity contribution in [1.29, 1.82) is 0 Å². The summed E-state index contributed by atoms with van der Waals surface area (Å²) in [5, 5.41) is 0. The molecule has 2 rings (SSSR count). The first-order chi connectivity index (χ1) is 9.13. The number of aromatic nitrogens is 2. The monoisotopic (exact) mass is 263 g/mol. The molecule has 2 N–H and O–H groups in total. The van der Waals surface area contributed by atoms with Gasteiger partial charge in [0.05, 0.1) is 0 Å². The van der Waals surface area contributed by atoms with Crippen molar-refractivity contribution >= 4 is 11.6 Å². The van der Waals surface area contributed by atoms with Gasteiger partial charge in [0, 0.05) is 24.7 Å². The normalized spacial score (nSPS) is 21.4. The van der Waals surface area contributed by atoms with E-state index in [0.717, 1.165) is 50.3 Å². The van der Waals surface area contributed by atoms with Crippen molar-refractivity contribution in [2.45, 2.75) is 39.2 Å². The molecule has 1 aromatic heterocycles. The van der Waals surface area contributed by atoms with Crippen molar-refractivity contribution in [3.63, 3.8) is 0 Å². The Morgan fingerprint density at radius 2 is 2.16 bits per heavy atom. The minimum absolute atomic E-state index is 0.456. The summed E-state index contributed by atoms with van der Waals surface area (Å²) in [5.74, 6) is 1.67. The molecule has 1 aromatic rings. The van der Waals surface area contributed by atoms with E-state index in [0.29, 0.717) is 11.9 Å². The van der Waals surface area contributed by atoms with Crippen LogP contribution >= 0.6 is 0 Å². The first-order valence-corrected chi connectivity index (χ1v) is 7.18. The summed E-state index contributed by atoms with van der Waals surface area (Å²) in [6.45, 7) is 7.67. The number of nitrogens with zero attached hydrogens (tertiary/aromatic N) is 4. The molecule has 0 amide bonds. The second kappa shape index (κ2) is 6.19. The van der Waals surface area contributed by atoms with Crippen LogP contribution in [0.2, 0.25) is 0 Å². The molecule has 2 heterocycles. The van der Waals surface area contributed by atoms with Gasteiger partial charge in [-0.05, 0) is 33.4 Å². The average Bonchev–Trinajstić information content (AvgIpc) is 2.53. The molecule has 5 nitrogen and oxygen atoms in total. The van der Waals surface area contributed by atoms with E-state index in [1.807, 2.05) is 0 Å². The molecular weight excluding hydrogens is 238 g/mol. The molecule has 1 aliphatic heterocycles. The highest BCUT2D eigenvalue weighted by Gasteiger charge is 2.23. The van der Waals surface area contributed by atoms with Crippen LogP contribution in [0, 0.1) is 0 Å². The quantitative estimate of drug-likeness (QED) is 0.896. The lowest BCUT2D eigenvalue weighted by Crippen LogP contribution is -2.39. The molecule has 0 aliphatic carbocycles. The molecule has 106 valence electrons. The summed E-state index contributed by atoms with van der Waals surface area (Å²) in [7, 11) is 2.18. The molecule has 5 heteroatoms. The number of likely N-dealkylation sites (N-methyl/N-ethyl adjacent to an activating group) is 1. The predicted molar refractivity (Wildman–Crippen MR) is 79.4 cm³/mol. The molecule has 0 saturated carbocycles. The standard InChI is InChI=1S/C14H25N5/c1-4-6-12-13(15)16-10-17-14(12)19-8-5-7-18(3)9-11(19)2/h10-11H,4-9H2,1-3H3,(H2,15,16,17). The van der Waals surface area contributed by atoms with Crippen LogP contribution in [0.5, 0.6) is 0 Å². The third-order valence-electron chi connectivity index (χ3n) is 3.77. The third-order valence-corrected chi connectivity index (χ3v) is 3.77. The first kappa shape index (κ1) is 14.1. The van der Waals surface area contributed by atoms with E-state index in [-0.39, 0.29) is 0 Å². The molecule has 0 bridgehead atoms. The minimum atomic E-state index is 0.456. The number of nitrogens with two attached hydrogens (primary N) is 1. The van der Waals surface area contributed by atoms with Crippen LogP contribution in [0.3, 0.4) is 0 Å². The predicted octanol–water partition coefficient (Wildman–Crippen LogP) is 1.54. The van der Waals surface area contributed by atoms with Gasteiger partial charge in [-0.15, -0.1) is 0 Å². The molecule has 1 atom stereocenters. The van der Waals surface area contributed by atoms with Crippen LogP contribution in [-0.4, -0.2) is 47.6 Å². The maximum absolute atomic E-state index is 6.04. The van der Waals surface area contributed by atoms with Gasteiger partial charge in [0.2, 0.25) is 0 Å². The summed E-state index contributed by atoms with van der Waals surface area (Å²) < 4.78 is 0. The lowest BCUT2D eigenvalue weighted by molar-refractivity contribution is 0.337. The van der Waals surface area contributed by atoms with Gasteiger partial charge in [0.1, 0.15) is 18.0 Å². The smallest absolute Gasteiger partial charge is 0.137 e. The van der Waals surface area contributed by atoms with Gasteiger partial charge in [0.15, 0.2) is 0 Å². The number of anilines is 2. The Hall–Kier alpha value is -1.36. The van der Waals surface area contributed by atoms with Crippen molar-refractivity contribution in [3.8, 4) is 0 Å². The van der Waals surface area contributed by atoms with Crippen LogP contribution in [0.4, 0.5) is 11.6 Å². The Balaban J connectivity index is 2.31. The van der Waals surface area contributed by atoms with Crippen molar-refractivity contribution in [1.82, 2.24) is 14.9 Å². The van der Waals surface area contributed by atoms with Gasteiger partial charge >= 0.3 is 0 Å². The van der Waals surface area contributed by atoms with E-state index in [1.54, 1.807) is 6.33 Å². The Morgan fingerprint density at radius 3 is 2.89 bits per heavy atom. The Bertz CT molecular complexity index is 420. The molecule has 0 aromatic carbocycles. The summed E-state index contributed by atoms with van der Waals surface area (Å²) in [5.41, 5.74) is 7.15. The van der Waals surface area contributed by atoms with Gasteiger partial charge in [-0.25, -0.2) is 9.97 Å². The fourth-order valence-electron chi connectivity index (χ4n) is 2.84. The van der Waals surface area contributed by atoms with Crippen LogP contribution in [0.15, 0.2) is 6.33 Å². The van der Waals surface area contributed by atoms with Crippen molar-refractivity contribution in [2.75, 3.05) is 37.3 Å². The molecule has 1 unspecified atom stereocenters. The zero-order valence-corrected chi connectivity index (χ0v) is 12.3. The van der Waals surface area contributed by atoms with Gasteiger partial charge in [-0.1, -0.05) is 13.3 Å². The van der Waals surface area contributed by atoms with Crippen molar-refractivity contribution in [2.24, 2.45) is 0 Å². The number of nitrogen functional groups attached to an aromatic ring is 1. The summed E-state index contributed by atoms with van der Waals surface area (Å²) in [6.07, 6.45) is 4.76. The molecular formula is C14H25N5. The maximum atomic E-state index is 6.04. The van der Waals surface area contributed by atoms with E-state index in [2.05, 4.69) is 40.7 Å². The molecule has 1 aliphatic rings. The first-order valence-electron chi connectivity index (χ1n) is 7.18. The highest BCUT2D eigenvalue weighted by atomic mass is 15.3. The van der Waals surface area contributed by atoms with E-state index in [1.165, 1.54) is 0 Å². The minimum Gasteiger partial charge on any atom is -0.383 e. The van der Waals surface area contributed by atoms with Crippen LogP contribution in [0.1, 0.15) is 32.3 Å². The summed E-state index contributed by atoms with van der Waals surface area (Å²) in [4.78, 5) is 13.4. The van der Waals surface area contributed by atoms with E-state index in [4.69, 9.17) is 5.73 Å². The summed E-state index contributed by atoms with van der Waals surface area (Å²) in [6, 6.07) is 0.456. The Kier molecular flexibility index (Phi) is 4.58. The highest BCUT2D eigenvalue weighted by Crippen LogP contribution is 2.26. The Morgan fingerprint density at radius 1 is 1.37 bits per heavy atom. The van der Waals surface area contributed by atoms with Crippen molar-refractivity contribution in [3.05, 3.63) is 11.9 Å². The SMILES string of the molecule is CCCc1c(N)ncnc1N1CCCN(C)CC1C. The van der Waals surface area contributed by atoms with Crippen LogP contribution in [-0.2, 0) is 6.42 Å². The molecule has 19 heavy (non-hydrogen) atoms. The van der Waals surface area contributed by atoms with E-state index >= 15 is 0 Å². The third kappa shape index (κ3) is 3.15. The molecule has 1 saturated heterocycles. The topological polar surface area (TPSA) is 58.3 Å². The maximum Gasteiger partial charge on any atom is 0.137 e. The Labute approximate surface area is 115 Å². The second-order valence-electron chi connectivity index (χ2n) is 5.47. The zero-order valence-electron chi connectivity index (χ0n) is 12.3. The fraction of sp³-hybridized carbons (Fsp3) is 0.714. The van der Waals surface area contributed by atoms with E-state index < -0.39 is 0 Å². The number of rotatable bonds is 3. The van der Waals surface area contributed by atoms with Crippen LogP contribution < -0.4 is 10.6 Å². The lowest BCUT2D eigenvalue weighted by Gasteiger charge is -2.30. The van der Waals surface area contributed by atoms with Gasteiger partial charge in [0.25, 0.3) is 0 Å². The van der Waals surface area contributed by atoms with Gasteiger partial charge < -0.3 is 15.5 Å². The van der Waals surface area contributed by atoms with E-state index in [9.17, 15) is 0 Å². The van der Waals surface area contributed by atoms with Gasteiger partial charge in [-0.3, -0.25) is 0 Å².